The Labute approximate surface area is 245 Å². The molecule has 2 heterocycles. The molecule has 32 heavy (non-hydrogen) atoms. The van der Waals surface area contributed by atoms with Gasteiger partial charge in [0, 0.05) is 30.7 Å². The van der Waals surface area contributed by atoms with Crippen molar-refractivity contribution in [3.8, 4) is 0 Å². The van der Waals surface area contributed by atoms with Crippen molar-refractivity contribution in [2.24, 2.45) is 5.11 Å². The Balaban J connectivity index is 0. The van der Waals surface area contributed by atoms with E-state index in [1.165, 1.54) is 6.92 Å². The van der Waals surface area contributed by atoms with Gasteiger partial charge in [-0.05, 0) is 12.5 Å². The second-order valence-electron chi connectivity index (χ2n) is 6.01. The summed E-state index contributed by atoms with van der Waals surface area (Å²) in [6.07, 6.45) is -1.53. The molecule has 0 bridgehead atoms. The van der Waals surface area contributed by atoms with Gasteiger partial charge in [0.15, 0.2) is 7.60 Å². The molecule has 21 heteroatoms. The molecule has 0 spiro atoms. The number of aryl methyl sites for hydroxylation is 1. The molecule has 1 saturated heterocycles. The minimum absolute atomic E-state index is 0. The number of nitrogens with one attached hydrogen (secondary N) is 1. The fourth-order valence-electron chi connectivity index (χ4n) is 2.43. The summed E-state index contributed by atoms with van der Waals surface area (Å²) < 4.78 is 33.0. The third-order valence-corrected chi connectivity index (χ3v) is 7.43. The van der Waals surface area contributed by atoms with Crippen LogP contribution in [0.5, 0.6) is 0 Å². The van der Waals surface area contributed by atoms with Crippen LogP contribution in [0, 0.1) is 6.92 Å². The van der Waals surface area contributed by atoms with Gasteiger partial charge in [0.05, 0.1) is 18.8 Å². The van der Waals surface area contributed by atoms with Gasteiger partial charge >= 0.3 is 94.4 Å². The molecule has 3 N–H and O–H groups in total. The molecular formula is C11H14N5Na3O11P2. The fourth-order valence-corrected chi connectivity index (χ4v) is 4.32. The maximum Gasteiger partial charge on any atom is 1.00 e. The predicted molar refractivity (Wildman–Crippen MR) is 85.9 cm³/mol. The van der Waals surface area contributed by atoms with Gasteiger partial charge < -0.3 is 43.3 Å². The smallest absolute Gasteiger partial charge is 0.807 e. The normalized spacial score (nSPS) is 22.4. The Morgan fingerprint density at radius 3 is 2.41 bits per heavy atom. The van der Waals surface area contributed by atoms with Crippen LogP contribution in [0.2, 0.25) is 0 Å². The molecule has 1 aliphatic rings. The second kappa shape index (κ2) is 13.5. The number of hydrogen-bond donors (Lipinski definition) is 3. The molecule has 0 aliphatic carbocycles. The Bertz CT molecular complexity index is 1050. The minimum atomic E-state index is -6.45. The van der Waals surface area contributed by atoms with Crippen molar-refractivity contribution in [1.82, 2.24) is 9.55 Å². The van der Waals surface area contributed by atoms with Gasteiger partial charge in [0.2, 0.25) is 0 Å². The number of hydrogen-bond acceptors (Lipinski definition) is 12. The topological polar surface area (TPSA) is 266 Å². The number of azide groups is 1. The van der Waals surface area contributed by atoms with E-state index in [4.69, 9.17) is 20.5 Å². The number of rotatable bonds is 7. The monoisotopic (exact) mass is 523 g/mol. The van der Waals surface area contributed by atoms with E-state index >= 15 is 0 Å². The number of H-pyrrole nitrogens is 1. The van der Waals surface area contributed by atoms with Crippen LogP contribution in [-0.4, -0.2) is 43.8 Å². The first-order valence-electron chi connectivity index (χ1n) is 7.65. The zero-order valence-corrected chi connectivity index (χ0v) is 25.3. The summed E-state index contributed by atoms with van der Waals surface area (Å²) in [7, 11) is -12.5. The molecule has 0 saturated carbocycles. The zero-order valence-electron chi connectivity index (χ0n) is 17.5. The predicted octanol–water partition coefficient (Wildman–Crippen LogP) is -12.1. The van der Waals surface area contributed by atoms with Crippen molar-refractivity contribution in [3.63, 3.8) is 0 Å². The van der Waals surface area contributed by atoms with Crippen LogP contribution in [-0.2, 0) is 18.4 Å². The van der Waals surface area contributed by atoms with Gasteiger partial charge in [0.25, 0.3) is 10.8 Å². The molecule has 1 fully saturated rings. The van der Waals surface area contributed by atoms with E-state index in [0.717, 1.165) is 10.8 Å². The molecule has 1 aliphatic heterocycles. The van der Waals surface area contributed by atoms with E-state index in [-0.39, 0.29) is 101 Å². The van der Waals surface area contributed by atoms with Gasteiger partial charge in [-0.1, -0.05) is 5.11 Å². The Hall–Kier alpha value is 1.17. The number of nitrogens with zero attached hydrogens (tertiary/aromatic N) is 4. The van der Waals surface area contributed by atoms with Gasteiger partial charge in [-0.15, -0.1) is 0 Å². The largest absolute Gasteiger partial charge is 1.00 e. The number of aliphatic hydroxyl groups is 2. The molecule has 162 valence electrons. The average molecular weight is 523 g/mol. The first-order chi connectivity index (χ1) is 13.2. The fraction of sp³-hybridized carbons (Fsp3) is 0.636. The van der Waals surface area contributed by atoms with Crippen LogP contribution in [0.3, 0.4) is 0 Å². The van der Waals surface area contributed by atoms with Crippen molar-refractivity contribution in [2.45, 2.75) is 37.0 Å². The van der Waals surface area contributed by atoms with Gasteiger partial charge in [0.1, 0.15) is 6.23 Å². The van der Waals surface area contributed by atoms with E-state index in [2.05, 4.69) is 14.5 Å². The van der Waals surface area contributed by atoms with Crippen molar-refractivity contribution < 1.29 is 132 Å². The first kappa shape index (κ1) is 35.3. The summed E-state index contributed by atoms with van der Waals surface area (Å²) >= 11 is 0. The van der Waals surface area contributed by atoms with Crippen LogP contribution in [0.25, 0.3) is 10.4 Å². The number of ether oxygens (including phenoxy) is 1. The molecule has 1 aromatic rings. The van der Waals surface area contributed by atoms with E-state index < -0.39 is 56.7 Å². The van der Waals surface area contributed by atoms with E-state index in [9.17, 15) is 33.4 Å². The maximum absolute atomic E-state index is 11.9. The zero-order chi connectivity index (χ0) is 22.2. The minimum Gasteiger partial charge on any atom is -0.807 e. The van der Waals surface area contributed by atoms with Crippen LogP contribution in [0.4, 0.5) is 0 Å². The number of aromatic amines is 1. The molecule has 0 radical (unpaired) electrons. The molecule has 0 aromatic carbocycles. The van der Waals surface area contributed by atoms with Crippen LogP contribution in [0.15, 0.2) is 20.9 Å². The summed E-state index contributed by atoms with van der Waals surface area (Å²) in [6, 6.07) is -1.12. The average Bonchev–Trinajstić information content (AvgIpc) is 2.98. The number of aromatic nitrogens is 2. The maximum atomic E-state index is 11.9. The Morgan fingerprint density at radius 1 is 1.34 bits per heavy atom. The molecule has 0 amide bonds. The Kier molecular flexibility index (Phi) is 14.9. The van der Waals surface area contributed by atoms with Crippen molar-refractivity contribution in [2.75, 3.05) is 6.61 Å². The van der Waals surface area contributed by atoms with E-state index in [1.54, 1.807) is 0 Å². The van der Waals surface area contributed by atoms with Crippen molar-refractivity contribution in [1.29, 1.82) is 0 Å². The van der Waals surface area contributed by atoms with E-state index in [1.807, 2.05) is 4.98 Å². The van der Waals surface area contributed by atoms with Crippen LogP contribution >= 0.6 is 15.2 Å². The molecule has 2 rings (SSSR count). The summed E-state index contributed by atoms with van der Waals surface area (Å²) in [6.45, 7) is 0.329. The van der Waals surface area contributed by atoms with Crippen LogP contribution < -0.4 is 115 Å². The van der Waals surface area contributed by atoms with Gasteiger partial charge in [-0.2, -0.15) is 0 Å². The SMILES string of the molecule is Cc1cn([C@H]2CC(N=[N+]=[N-])[C@@H](COP(=O)([O-])C(O)(O)P(=O)([O-])[O-])O2)c(=O)[nH]c1=O.[Na+].[Na+].[Na+]. The van der Waals surface area contributed by atoms with Gasteiger partial charge in [-0.25, -0.2) is 4.79 Å². The van der Waals surface area contributed by atoms with Gasteiger partial charge in [-0.3, -0.25) is 14.3 Å². The summed E-state index contributed by atoms with van der Waals surface area (Å²) in [5.74, 6) is 0. The molecule has 16 nitrogen and oxygen atoms in total. The Morgan fingerprint density at radius 2 is 1.91 bits per heavy atom. The first-order valence-corrected chi connectivity index (χ1v) is 10.7. The molecule has 2 unspecified atom stereocenters. The summed E-state index contributed by atoms with van der Waals surface area (Å²) in [5.41, 5.74) is 7.25. The summed E-state index contributed by atoms with van der Waals surface area (Å²) in [4.78, 5) is 61.1. The van der Waals surface area contributed by atoms with Crippen LogP contribution in [0.1, 0.15) is 18.2 Å². The van der Waals surface area contributed by atoms with E-state index in [0.29, 0.717) is 0 Å². The van der Waals surface area contributed by atoms with Crippen molar-refractivity contribution in [3.05, 3.63) is 43.0 Å². The standard InChI is InChI=1S/C11H17N5O11P2.3Na/c1-5-3-16(10(18)13-9(5)17)8-2-6(14-15-12)7(27-8)4-26-29(24,25)11(19,20)28(21,22)23;;;/h3,6-8,19-20H,2,4H2,1H3,(H,24,25)(H,13,17,18)(H2,21,22,23);;;/q;3*+1/p-3/t6?,7-,8-;;;/m1.../s1. The molecular weight excluding hydrogens is 509 g/mol. The molecule has 4 atom stereocenters. The third-order valence-electron chi connectivity index (χ3n) is 4.00. The third kappa shape index (κ3) is 7.84. The molecule has 1 aromatic heterocycles. The quantitative estimate of drug-likeness (QED) is 0.0754. The second-order valence-corrected chi connectivity index (χ2v) is 9.85. The summed E-state index contributed by atoms with van der Waals surface area (Å²) in [5, 5.41) is 16.9. The van der Waals surface area contributed by atoms with Crippen molar-refractivity contribution >= 4 is 15.2 Å².